The molecular formula is C32H33F6N4O5+. The molecule has 0 saturated carbocycles. The quantitative estimate of drug-likeness (QED) is 0.240. The lowest BCUT2D eigenvalue weighted by Gasteiger charge is -2.39. The van der Waals surface area contributed by atoms with E-state index in [2.05, 4.69) is 66.8 Å². The first-order valence-electron chi connectivity index (χ1n) is 13.9. The Morgan fingerprint density at radius 3 is 1.77 bits per heavy atom. The number of nitrogens with one attached hydrogen (secondary N) is 1. The van der Waals surface area contributed by atoms with Crippen LogP contribution in [0.15, 0.2) is 72.8 Å². The largest absolute Gasteiger partial charge is 0.490 e. The molecule has 0 atom stereocenters. The first-order chi connectivity index (χ1) is 21.8. The number of nitrogens with zero attached hydrogens (tertiary/aromatic N) is 3. The zero-order valence-corrected chi connectivity index (χ0v) is 25.4. The number of piperazine rings is 1. The average Bonchev–Trinajstić information content (AvgIpc) is 3.01. The molecule has 0 spiro atoms. The molecule has 1 fully saturated rings. The van der Waals surface area contributed by atoms with E-state index >= 15 is 0 Å². The van der Waals surface area contributed by atoms with Gasteiger partial charge in [0.25, 0.3) is 5.91 Å². The number of carboxylic acids is 2. The molecule has 1 aliphatic heterocycles. The third-order valence-electron chi connectivity index (χ3n) is 6.83. The van der Waals surface area contributed by atoms with Gasteiger partial charge in [0, 0.05) is 31.7 Å². The highest BCUT2D eigenvalue weighted by Gasteiger charge is 2.38. The van der Waals surface area contributed by atoms with E-state index in [1.54, 1.807) is 24.3 Å². The Bertz CT molecular complexity index is 1550. The van der Waals surface area contributed by atoms with Gasteiger partial charge < -0.3 is 20.0 Å². The number of amides is 1. The van der Waals surface area contributed by atoms with Crippen LogP contribution in [0.3, 0.4) is 0 Å². The van der Waals surface area contributed by atoms with E-state index in [9.17, 15) is 31.1 Å². The highest BCUT2D eigenvalue weighted by molar-refractivity contribution is 5.94. The molecule has 47 heavy (non-hydrogen) atoms. The molecule has 15 heteroatoms. The number of benzene rings is 3. The molecule has 0 bridgehead atoms. The Labute approximate surface area is 266 Å². The van der Waals surface area contributed by atoms with Crippen LogP contribution in [0.25, 0.3) is 11.1 Å². The van der Waals surface area contributed by atoms with Crippen molar-refractivity contribution >= 4 is 17.8 Å². The van der Waals surface area contributed by atoms with Crippen LogP contribution in [-0.2, 0) is 22.7 Å². The lowest BCUT2D eigenvalue weighted by Crippen LogP contribution is -2.54. The highest BCUT2D eigenvalue weighted by Crippen LogP contribution is 2.23. The molecule has 0 radical (unpaired) electrons. The molecule has 3 aromatic carbocycles. The first kappa shape index (κ1) is 38.2. The van der Waals surface area contributed by atoms with Gasteiger partial charge in [-0.05, 0) is 52.6 Å². The Morgan fingerprint density at radius 2 is 1.28 bits per heavy atom. The summed E-state index contributed by atoms with van der Waals surface area (Å²) in [7, 11) is 4.60. The van der Waals surface area contributed by atoms with Crippen LogP contribution in [0, 0.1) is 11.3 Å². The Kier molecular flexibility index (Phi) is 13.5. The van der Waals surface area contributed by atoms with Crippen molar-refractivity contribution in [2.45, 2.75) is 25.4 Å². The number of halogens is 6. The number of hydrogen-bond donors (Lipinski definition) is 3. The van der Waals surface area contributed by atoms with Crippen molar-refractivity contribution in [3.05, 3.63) is 95.1 Å². The standard InChI is InChI=1S/C28H30N4O.2C2HF3O2/c1-32(2)14-12-31(13-15-32)21-24-8-5-10-26(18-24)25-9-4-7-23(17-25)20-30-28(33)27-11-3-6-22(16-27)19-29;2*3-2(4,5)1(6)7/h3-11,16-18H,12-15,20-21H2,1-2H3;2*(H,6,7)/p+1. The predicted octanol–water partition coefficient (Wildman–Crippen LogP) is 5.31. The molecule has 9 nitrogen and oxygen atoms in total. The summed E-state index contributed by atoms with van der Waals surface area (Å²) in [4.78, 5) is 32.8. The molecule has 0 unspecified atom stereocenters. The van der Waals surface area contributed by atoms with Crippen molar-refractivity contribution in [1.82, 2.24) is 10.2 Å². The van der Waals surface area contributed by atoms with Crippen LogP contribution in [0.5, 0.6) is 0 Å². The van der Waals surface area contributed by atoms with E-state index in [1.165, 1.54) is 24.2 Å². The number of carbonyl (C=O) groups excluding carboxylic acids is 1. The minimum atomic E-state index is -5.08. The Hall–Kier alpha value is -4.94. The van der Waals surface area contributed by atoms with Crippen molar-refractivity contribution in [3.8, 4) is 17.2 Å². The number of likely N-dealkylation sites (N-methyl/N-ethyl adjacent to an activating group) is 1. The second-order valence-corrected chi connectivity index (χ2v) is 11.0. The van der Waals surface area contributed by atoms with Crippen LogP contribution in [0.4, 0.5) is 26.3 Å². The zero-order valence-electron chi connectivity index (χ0n) is 25.4. The minimum absolute atomic E-state index is 0.178. The SMILES string of the molecule is C[N+]1(C)CCN(Cc2cccc(-c3cccc(CNC(=O)c4cccc(C#N)c4)c3)c2)CC1.O=C(O)C(F)(F)F.O=C(O)C(F)(F)F. The Balaban J connectivity index is 0.000000459. The van der Waals surface area contributed by atoms with Crippen molar-refractivity contribution in [1.29, 1.82) is 5.26 Å². The number of quaternary nitrogens is 1. The maximum absolute atomic E-state index is 12.5. The summed E-state index contributed by atoms with van der Waals surface area (Å²) in [6.07, 6.45) is -10.2. The smallest absolute Gasteiger partial charge is 0.475 e. The van der Waals surface area contributed by atoms with Gasteiger partial charge in [-0.25, -0.2) is 9.59 Å². The van der Waals surface area contributed by atoms with Crippen molar-refractivity contribution in [2.75, 3.05) is 40.3 Å². The monoisotopic (exact) mass is 667 g/mol. The van der Waals surface area contributed by atoms with Crippen LogP contribution >= 0.6 is 0 Å². The molecule has 0 aliphatic carbocycles. The number of rotatable bonds is 6. The maximum Gasteiger partial charge on any atom is 0.490 e. The van der Waals surface area contributed by atoms with Gasteiger partial charge in [-0.3, -0.25) is 9.69 Å². The summed E-state index contributed by atoms with van der Waals surface area (Å²) < 4.78 is 64.6. The second kappa shape index (κ2) is 16.6. The summed E-state index contributed by atoms with van der Waals surface area (Å²) in [5, 5.41) is 26.2. The van der Waals surface area contributed by atoms with E-state index in [-0.39, 0.29) is 5.91 Å². The van der Waals surface area contributed by atoms with E-state index in [0.717, 1.165) is 35.2 Å². The lowest BCUT2D eigenvalue weighted by molar-refractivity contribution is -0.894. The van der Waals surface area contributed by atoms with Crippen LogP contribution < -0.4 is 5.32 Å². The summed E-state index contributed by atoms with van der Waals surface area (Å²) >= 11 is 0. The molecule has 1 aliphatic rings. The molecule has 3 N–H and O–H groups in total. The van der Waals surface area contributed by atoms with Crippen LogP contribution in [0.2, 0.25) is 0 Å². The molecule has 3 aromatic rings. The molecule has 4 rings (SSSR count). The summed E-state index contributed by atoms with van der Waals surface area (Å²) in [5.74, 6) is -5.69. The number of aliphatic carboxylic acids is 2. The highest BCUT2D eigenvalue weighted by atomic mass is 19.4. The van der Waals surface area contributed by atoms with Crippen molar-refractivity contribution in [2.24, 2.45) is 0 Å². The summed E-state index contributed by atoms with van der Waals surface area (Å²) in [6.45, 7) is 6.05. The van der Waals surface area contributed by atoms with Gasteiger partial charge in [-0.1, -0.05) is 42.5 Å². The molecule has 252 valence electrons. The first-order valence-corrected chi connectivity index (χ1v) is 13.9. The van der Waals surface area contributed by atoms with Gasteiger partial charge in [-0.2, -0.15) is 31.6 Å². The molecule has 1 saturated heterocycles. The van der Waals surface area contributed by atoms with Crippen LogP contribution in [0.1, 0.15) is 27.0 Å². The number of carboxylic acid groups (broad SMARTS) is 2. The summed E-state index contributed by atoms with van der Waals surface area (Å²) in [5.41, 5.74) is 5.69. The number of hydrogen-bond acceptors (Lipinski definition) is 5. The van der Waals surface area contributed by atoms with Crippen molar-refractivity contribution in [3.63, 3.8) is 0 Å². The zero-order chi connectivity index (χ0) is 35.4. The number of carbonyl (C=O) groups is 3. The minimum Gasteiger partial charge on any atom is -0.475 e. The summed E-state index contributed by atoms with van der Waals surface area (Å²) in [6, 6.07) is 25.9. The van der Waals surface area contributed by atoms with E-state index in [1.807, 2.05) is 12.1 Å². The average molecular weight is 668 g/mol. The van der Waals surface area contributed by atoms with Crippen molar-refractivity contribution < 1.29 is 55.4 Å². The topological polar surface area (TPSA) is 131 Å². The lowest BCUT2D eigenvalue weighted by atomic mass is 10.0. The van der Waals surface area contributed by atoms with E-state index in [4.69, 9.17) is 25.1 Å². The molecular weight excluding hydrogens is 634 g/mol. The Morgan fingerprint density at radius 1 is 0.809 bits per heavy atom. The molecule has 1 amide bonds. The van der Waals surface area contributed by atoms with E-state index in [0.29, 0.717) is 17.7 Å². The maximum atomic E-state index is 12.5. The van der Waals surface area contributed by atoms with Gasteiger partial charge in [-0.15, -0.1) is 0 Å². The van der Waals surface area contributed by atoms with Gasteiger partial charge in [0.2, 0.25) is 0 Å². The fourth-order valence-corrected chi connectivity index (χ4v) is 4.19. The third kappa shape index (κ3) is 13.5. The number of alkyl halides is 6. The van der Waals surface area contributed by atoms with Gasteiger partial charge >= 0.3 is 24.3 Å². The molecule has 0 aromatic heterocycles. The van der Waals surface area contributed by atoms with E-state index < -0.39 is 24.3 Å². The van der Waals surface area contributed by atoms with Gasteiger partial charge in [0.15, 0.2) is 0 Å². The van der Waals surface area contributed by atoms with Crippen LogP contribution in [-0.4, -0.2) is 90.1 Å². The van der Waals surface area contributed by atoms with Gasteiger partial charge in [0.05, 0.1) is 38.8 Å². The second-order valence-electron chi connectivity index (χ2n) is 11.0. The normalized spacial score (nSPS) is 14.3. The fourth-order valence-electron chi connectivity index (χ4n) is 4.19. The third-order valence-corrected chi connectivity index (χ3v) is 6.83. The molecule has 1 heterocycles. The van der Waals surface area contributed by atoms with Gasteiger partial charge in [0.1, 0.15) is 0 Å². The fraction of sp³-hybridized carbons (Fsp3) is 0.312. The number of nitriles is 1. The predicted molar refractivity (Wildman–Crippen MR) is 159 cm³/mol.